The van der Waals surface area contributed by atoms with Gasteiger partial charge >= 0.3 is 13.6 Å². The number of carbonyl (C=O) groups is 2. The zero-order valence-corrected chi connectivity index (χ0v) is 18.5. The second-order valence-corrected chi connectivity index (χ2v) is 8.97. The molecule has 0 radical (unpaired) electrons. The van der Waals surface area contributed by atoms with Crippen molar-refractivity contribution in [3.63, 3.8) is 0 Å². The fourth-order valence-corrected chi connectivity index (χ4v) is 4.45. The van der Waals surface area contributed by atoms with Crippen LogP contribution in [0.4, 0.5) is 0 Å². The molecular formula is C17H33N2O9P. The van der Waals surface area contributed by atoms with E-state index in [1.165, 1.54) is 19.0 Å². The molecule has 0 aromatic rings. The SMILES string of the molecule is CCOP(=O)(OCC)C(C)N(C)OC(C)C(=O)OCCN1C(=O)C[C@@H](O)C[C@H]1O. The van der Waals surface area contributed by atoms with Crippen LogP contribution < -0.4 is 0 Å². The molecule has 1 fully saturated rings. The van der Waals surface area contributed by atoms with Crippen LogP contribution in [0.3, 0.4) is 0 Å². The number of piperidine rings is 1. The molecule has 1 heterocycles. The van der Waals surface area contributed by atoms with E-state index in [0.29, 0.717) is 0 Å². The average molecular weight is 440 g/mol. The Bertz CT molecular complexity index is 581. The van der Waals surface area contributed by atoms with Gasteiger partial charge in [0.1, 0.15) is 18.6 Å². The van der Waals surface area contributed by atoms with E-state index in [-0.39, 0.29) is 39.2 Å². The number of aliphatic hydroxyl groups is 2. The number of carbonyl (C=O) groups excluding carboxylic acids is 2. The normalized spacial score (nSPS) is 22.6. The van der Waals surface area contributed by atoms with Gasteiger partial charge in [-0.15, -0.1) is 0 Å². The Morgan fingerprint density at radius 3 is 2.38 bits per heavy atom. The van der Waals surface area contributed by atoms with Crippen LogP contribution >= 0.6 is 7.60 Å². The van der Waals surface area contributed by atoms with Gasteiger partial charge in [-0.3, -0.25) is 14.2 Å². The van der Waals surface area contributed by atoms with E-state index in [2.05, 4.69) is 0 Å². The first-order chi connectivity index (χ1) is 13.6. The summed E-state index contributed by atoms with van der Waals surface area (Å²) in [6.07, 6.45) is -3.01. The maximum atomic E-state index is 12.8. The van der Waals surface area contributed by atoms with Crippen LogP contribution in [0.5, 0.6) is 0 Å². The summed E-state index contributed by atoms with van der Waals surface area (Å²) in [5.41, 5.74) is 0. The Balaban J connectivity index is 2.50. The second kappa shape index (κ2) is 11.9. The van der Waals surface area contributed by atoms with Gasteiger partial charge in [-0.2, -0.15) is 5.06 Å². The summed E-state index contributed by atoms with van der Waals surface area (Å²) in [4.78, 5) is 30.6. The summed E-state index contributed by atoms with van der Waals surface area (Å²) >= 11 is 0. The zero-order chi connectivity index (χ0) is 22.2. The summed E-state index contributed by atoms with van der Waals surface area (Å²) in [5, 5.41) is 20.5. The minimum absolute atomic E-state index is 0.00129. The molecule has 12 heteroatoms. The maximum absolute atomic E-state index is 12.8. The van der Waals surface area contributed by atoms with E-state index in [1.807, 2.05) is 0 Å². The van der Waals surface area contributed by atoms with Gasteiger partial charge in [-0.1, -0.05) is 0 Å². The molecule has 11 nitrogen and oxygen atoms in total. The number of rotatable bonds is 12. The predicted octanol–water partition coefficient (Wildman–Crippen LogP) is 0.695. The highest BCUT2D eigenvalue weighted by Gasteiger charge is 2.37. The van der Waals surface area contributed by atoms with Gasteiger partial charge in [0, 0.05) is 13.5 Å². The molecule has 1 aliphatic rings. The van der Waals surface area contributed by atoms with Crippen molar-refractivity contribution in [2.24, 2.45) is 0 Å². The van der Waals surface area contributed by atoms with Crippen molar-refractivity contribution in [3.05, 3.63) is 0 Å². The Kier molecular flexibility index (Phi) is 10.7. The molecule has 1 saturated heterocycles. The van der Waals surface area contributed by atoms with E-state index in [9.17, 15) is 24.4 Å². The summed E-state index contributed by atoms with van der Waals surface area (Å²) < 4.78 is 28.4. The predicted molar refractivity (Wildman–Crippen MR) is 103 cm³/mol. The third-order valence-corrected chi connectivity index (χ3v) is 6.88. The van der Waals surface area contributed by atoms with Crippen molar-refractivity contribution < 1.29 is 43.0 Å². The number of nitrogens with zero attached hydrogens (tertiary/aromatic N) is 2. The maximum Gasteiger partial charge on any atom is 0.349 e. The van der Waals surface area contributed by atoms with E-state index < -0.39 is 43.7 Å². The molecule has 1 aliphatic heterocycles. The molecule has 0 bridgehead atoms. The molecule has 2 unspecified atom stereocenters. The molecule has 0 aliphatic carbocycles. The summed E-state index contributed by atoms with van der Waals surface area (Å²) in [7, 11) is -1.95. The number of aliphatic hydroxyl groups excluding tert-OH is 2. The van der Waals surface area contributed by atoms with Crippen molar-refractivity contribution in [2.45, 2.75) is 64.8 Å². The van der Waals surface area contributed by atoms with Crippen molar-refractivity contribution in [2.75, 3.05) is 33.4 Å². The van der Waals surface area contributed by atoms with Gasteiger partial charge in [-0.25, -0.2) is 4.79 Å². The molecule has 0 spiro atoms. The van der Waals surface area contributed by atoms with Crippen LogP contribution in [0.1, 0.15) is 40.5 Å². The molecule has 2 N–H and O–H groups in total. The molecular weight excluding hydrogens is 407 g/mol. The van der Waals surface area contributed by atoms with E-state index in [1.54, 1.807) is 20.8 Å². The highest BCUT2D eigenvalue weighted by atomic mass is 31.2. The van der Waals surface area contributed by atoms with Crippen molar-refractivity contribution in [3.8, 4) is 0 Å². The Hall–Kier alpha value is -1.07. The van der Waals surface area contributed by atoms with E-state index in [0.717, 1.165) is 4.90 Å². The molecule has 1 rings (SSSR count). The molecule has 4 atom stereocenters. The summed E-state index contributed by atoms with van der Waals surface area (Å²) in [6.45, 7) is 6.73. The molecule has 0 saturated carbocycles. The third kappa shape index (κ3) is 7.60. The van der Waals surface area contributed by atoms with Crippen molar-refractivity contribution in [1.29, 1.82) is 0 Å². The van der Waals surface area contributed by atoms with Gasteiger partial charge in [0.05, 0.1) is 32.3 Å². The fraction of sp³-hybridized carbons (Fsp3) is 0.882. The smallest absolute Gasteiger partial charge is 0.349 e. The number of esters is 1. The number of hydrogen-bond acceptors (Lipinski definition) is 10. The minimum atomic E-state index is -3.46. The van der Waals surface area contributed by atoms with Gasteiger partial charge in [0.25, 0.3) is 0 Å². The largest absolute Gasteiger partial charge is 0.462 e. The lowest BCUT2D eigenvalue weighted by atomic mass is 10.1. The summed E-state index contributed by atoms with van der Waals surface area (Å²) in [6, 6.07) is 0. The van der Waals surface area contributed by atoms with E-state index in [4.69, 9.17) is 18.6 Å². The first-order valence-electron chi connectivity index (χ1n) is 9.66. The lowest BCUT2D eigenvalue weighted by molar-refractivity contribution is -0.206. The molecule has 0 aromatic heterocycles. The number of ether oxygens (including phenoxy) is 1. The zero-order valence-electron chi connectivity index (χ0n) is 17.6. The van der Waals surface area contributed by atoms with E-state index >= 15 is 0 Å². The van der Waals surface area contributed by atoms with Crippen LogP contribution in [-0.2, 0) is 32.8 Å². The van der Waals surface area contributed by atoms with Crippen LogP contribution in [0.15, 0.2) is 0 Å². The third-order valence-electron chi connectivity index (χ3n) is 4.41. The molecule has 29 heavy (non-hydrogen) atoms. The van der Waals surface area contributed by atoms with Gasteiger partial charge in [-0.05, 0) is 27.7 Å². The lowest BCUT2D eigenvalue weighted by Crippen LogP contribution is -2.49. The second-order valence-electron chi connectivity index (χ2n) is 6.63. The van der Waals surface area contributed by atoms with Gasteiger partial charge < -0.3 is 28.9 Å². The monoisotopic (exact) mass is 440 g/mol. The fourth-order valence-electron chi connectivity index (χ4n) is 2.77. The van der Waals surface area contributed by atoms with Crippen molar-refractivity contribution in [1.82, 2.24) is 9.96 Å². The van der Waals surface area contributed by atoms with Gasteiger partial charge in [0.2, 0.25) is 5.91 Å². The summed E-state index contributed by atoms with van der Waals surface area (Å²) in [5.74, 6) is -1.86. The Labute approximate surface area is 171 Å². The van der Waals surface area contributed by atoms with Crippen LogP contribution in [-0.4, -0.2) is 89.7 Å². The highest BCUT2D eigenvalue weighted by Crippen LogP contribution is 2.53. The molecule has 170 valence electrons. The minimum Gasteiger partial charge on any atom is -0.462 e. The first-order valence-corrected chi connectivity index (χ1v) is 11.3. The lowest BCUT2D eigenvalue weighted by Gasteiger charge is -2.34. The topological polar surface area (TPSA) is 135 Å². The van der Waals surface area contributed by atoms with Crippen molar-refractivity contribution >= 4 is 19.5 Å². The molecule has 0 aromatic carbocycles. The number of amides is 1. The number of likely N-dealkylation sites (tertiary alicyclic amines) is 1. The Morgan fingerprint density at radius 1 is 1.28 bits per heavy atom. The van der Waals surface area contributed by atoms with Crippen LogP contribution in [0, 0.1) is 0 Å². The van der Waals surface area contributed by atoms with Crippen LogP contribution in [0.25, 0.3) is 0 Å². The molecule has 1 amide bonds. The highest BCUT2D eigenvalue weighted by molar-refractivity contribution is 7.54. The standard InChI is InChI=1S/C17H33N2O9P/c1-6-26-29(24,27-7-2)13(4)18(5)28-12(3)17(23)25-9-8-19-15(21)10-14(20)11-16(19)22/h12-15,20-21H,6-11H2,1-5H3/t12?,13?,14-,15+/m0/s1. The first kappa shape index (κ1) is 26.0. The van der Waals surface area contributed by atoms with Crippen LogP contribution in [0.2, 0.25) is 0 Å². The average Bonchev–Trinajstić information content (AvgIpc) is 2.63. The quantitative estimate of drug-likeness (QED) is 0.254. The number of hydrogen-bond donors (Lipinski definition) is 2. The number of hydroxylamine groups is 2. The Morgan fingerprint density at radius 2 is 1.86 bits per heavy atom. The van der Waals surface area contributed by atoms with Gasteiger partial charge in [0.15, 0.2) is 6.10 Å².